The van der Waals surface area contributed by atoms with Gasteiger partial charge in [-0.2, -0.15) is 0 Å². The van der Waals surface area contributed by atoms with Crippen molar-refractivity contribution in [2.24, 2.45) is 5.73 Å². The molecule has 0 amide bonds. The first-order chi connectivity index (χ1) is 6.97. The van der Waals surface area contributed by atoms with Crippen molar-refractivity contribution in [3.8, 4) is 0 Å². The van der Waals surface area contributed by atoms with E-state index >= 15 is 0 Å². The lowest BCUT2D eigenvalue weighted by molar-refractivity contribution is -0.136. The molecule has 5 N–H and O–H groups in total. The van der Waals surface area contributed by atoms with Gasteiger partial charge in [-0.3, -0.25) is 19.7 Å². The maximum atomic E-state index is 10.6. The van der Waals surface area contributed by atoms with Gasteiger partial charge in [0.15, 0.2) is 0 Å². The Morgan fingerprint density at radius 2 is 2.00 bits per heavy atom. The van der Waals surface area contributed by atoms with Gasteiger partial charge < -0.3 is 15.9 Å². The summed E-state index contributed by atoms with van der Waals surface area (Å²) in [6, 6.07) is -0.221. The van der Waals surface area contributed by atoms with Crippen LogP contribution in [0.1, 0.15) is 0 Å². The average Bonchev–Trinajstić information content (AvgIpc) is 2.16. The molecule has 0 aromatic heterocycles. The van der Waals surface area contributed by atoms with Crippen LogP contribution in [-0.2, 0) is 14.4 Å². The number of hydrogen-bond donors (Lipinski definition) is 4. The monoisotopic (exact) mass is 236 g/mol. The zero-order valence-electron chi connectivity index (χ0n) is 7.80. The predicted octanol–water partition coefficient (Wildman–Crippen LogP) is -1.67. The van der Waals surface area contributed by atoms with Crippen molar-refractivity contribution in [3.63, 3.8) is 0 Å². The maximum absolute atomic E-state index is 10.6. The number of hydrogen-bond acceptors (Lipinski definition) is 6. The molecule has 1 fully saturated rings. The van der Waals surface area contributed by atoms with Gasteiger partial charge in [0.25, 0.3) is 0 Å². The molecule has 0 radical (unpaired) electrons. The van der Waals surface area contributed by atoms with Crippen molar-refractivity contribution in [1.82, 2.24) is 5.32 Å². The molecule has 7 nitrogen and oxygen atoms in total. The Morgan fingerprint density at radius 3 is 2.20 bits per heavy atom. The van der Waals surface area contributed by atoms with Gasteiger partial charge in [0.05, 0.1) is 19.1 Å². The Kier molecular flexibility index (Phi) is 6.67. The van der Waals surface area contributed by atoms with E-state index in [4.69, 9.17) is 10.2 Å². The van der Waals surface area contributed by atoms with Gasteiger partial charge in [-0.05, 0) is 0 Å². The summed E-state index contributed by atoms with van der Waals surface area (Å²) in [5.41, 5.74) is 4.57. The lowest BCUT2D eigenvalue weighted by atomic mass is 10.3. The van der Waals surface area contributed by atoms with Gasteiger partial charge in [-0.1, -0.05) is 11.8 Å². The van der Waals surface area contributed by atoms with Gasteiger partial charge >= 0.3 is 11.9 Å². The first-order valence-corrected chi connectivity index (χ1v) is 4.99. The molecule has 0 bridgehead atoms. The van der Waals surface area contributed by atoms with Crippen LogP contribution >= 0.6 is 11.8 Å². The first kappa shape index (κ1) is 13.9. The molecule has 0 saturated carbocycles. The highest BCUT2D eigenvalue weighted by Gasteiger charge is 2.28. The third-order valence-corrected chi connectivity index (χ3v) is 2.42. The van der Waals surface area contributed by atoms with Crippen molar-refractivity contribution in [1.29, 1.82) is 0 Å². The number of nitrogens with one attached hydrogen (secondary N) is 1. The highest BCUT2D eigenvalue weighted by Crippen LogP contribution is 2.19. The summed E-state index contributed by atoms with van der Waals surface area (Å²) in [5.74, 6) is -1.19. The zero-order chi connectivity index (χ0) is 11.8. The Morgan fingerprint density at radius 1 is 1.47 bits per heavy atom. The number of carbonyl (C=O) groups excluding carboxylic acids is 1. The predicted molar refractivity (Wildman–Crippen MR) is 53.6 cm³/mol. The quantitative estimate of drug-likeness (QED) is 0.456. The summed E-state index contributed by atoms with van der Waals surface area (Å²) in [5, 5.41) is 18.4. The van der Waals surface area contributed by atoms with Crippen molar-refractivity contribution < 1.29 is 24.6 Å². The Hall–Kier alpha value is -1.12. The van der Waals surface area contributed by atoms with E-state index in [0.29, 0.717) is 5.75 Å². The number of carboxylic acids is 2. The van der Waals surface area contributed by atoms with Gasteiger partial charge in [-0.25, -0.2) is 0 Å². The molecule has 1 aliphatic heterocycles. The fraction of sp³-hybridized carbons (Fsp3) is 0.571. The van der Waals surface area contributed by atoms with E-state index in [0.717, 1.165) is 0 Å². The highest BCUT2D eigenvalue weighted by atomic mass is 32.2. The van der Waals surface area contributed by atoms with E-state index in [1.165, 1.54) is 11.8 Å². The maximum Gasteiger partial charge on any atom is 0.317 e. The van der Waals surface area contributed by atoms with Crippen LogP contribution in [0.25, 0.3) is 0 Å². The minimum absolute atomic E-state index is 0.0428. The summed E-state index contributed by atoms with van der Waals surface area (Å²) in [7, 11) is 0. The van der Waals surface area contributed by atoms with E-state index in [1.807, 2.05) is 0 Å². The van der Waals surface area contributed by atoms with E-state index in [1.54, 1.807) is 0 Å². The molecule has 1 rings (SSSR count). The topological polar surface area (TPSA) is 130 Å². The molecule has 86 valence electrons. The van der Waals surface area contributed by atoms with E-state index < -0.39 is 11.9 Å². The van der Waals surface area contributed by atoms with Crippen molar-refractivity contribution in [2.75, 3.05) is 18.8 Å². The Bertz CT molecular complexity index is 258. The van der Waals surface area contributed by atoms with Crippen LogP contribution < -0.4 is 11.1 Å². The second-order valence-corrected chi connectivity index (χ2v) is 3.58. The largest absolute Gasteiger partial charge is 0.480 e. The lowest BCUT2D eigenvalue weighted by Gasteiger charge is -2.22. The summed E-state index contributed by atoms with van der Waals surface area (Å²) in [6.45, 7) is -0.406. The molecule has 0 aromatic carbocycles. The van der Waals surface area contributed by atoms with E-state index in [2.05, 4.69) is 11.1 Å². The molecule has 1 heterocycles. The highest BCUT2D eigenvalue weighted by molar-refractivity contribution is 8.16. The number of rotatable bonds is 4. The summed E-state index contributed by atoms with van der Waals surface area (Å²) >= 11 is 1.23. The van der Waals surface area contributed by atoms with Crippen LogP contribution in [0.5, 0.6) is 0 Å². The second kappa shape index (κ2) is 7.21. The molecule has 1 unspecified atom stereocenters. The molecule has 0 aliphatic carbocycles. The molecule has 1 atom stereocenters. The average molecular weight is 236 g/mol. The number of aliphatic carboxylic acids is 2. The molecule has 15 heavy (non-hydrogen) atoms. The number of carboxylic acid groups (broad SMARTS) is 2. The minimum Gasteiger partial charge on any atom is -0.480 e. The molecular weight excluding hydrogens is 224 g/mol. The number of carbonyl (C=O) groups is 3. The summed E-state index contributed by atoms with van der Waals surface area (Å²) in [6.07, 6.45) is 0. The van der Waals surface area contributed by atoms with Crippen molar-refractivity contribution >= 4 is 28.8 Å². The van der Waals surface area contributed by atoms with Crippen molar-refractivity contribution in [3.05, 3.63) is 0 Å². The molecule has 0 aromatic rings. The van der Waals surface area contributed by atoms with Crippen LogP contribution in [0.3, 0.4) is 0 Å². The van der Waals surface area contributed by atoms with Crippen LogP contribution in [0.2, 0.25) is 0 Å². The van der Waals surface area contributed by atoms with E-state index in [-0.39, 0.29) is 24.2 Å². The molecular formula is C7H12N2O5S. The third kappa shape index (κ3) is 6.89. The van der Waals surface area contributed by atoms with Crippen LogP contribution in [0.15, 0.2) is 0 Å². The third-order valence-electron chi connectivity index (χ3n) is 1.35. The number of nitrogens with two attached hydrogens (primary N) is 1. The zero-order valence-corrected chi connectivity index (χ0v) is 8.62. The fourth-order valence-electron chi connectivity index (χ4n) is 0.587. The lowest BCUT2D eigenvalue weighted by Crippen LogP contribution is -2.46. The first-order valence-electron chi connectivity index (χ1n) is 4.01. The molecule has 1 saturated heterocycles. The Balaban J connectivity index is 0.000000336. The molecule has 8 heteroatoms. The normalized spacial score (nSPS) is 18.5. The van der Waals surface area contributed by atoms with Crippen LogP contribution in [-0.4, -0.2) is 52.2 Å². The minimum atomic E-state index is -0.968. The molecule has 0 spiro atoms. The fourth-order valence-corrected chi connectivity index (χ4v) is 1.26. The van der Waals surface area contributed by atoms with Gasteiger partial charge in [0, 0.05) is 5.75 Å². The second-order valence-electron chi connectivity index (χ2n) is 2.56. The van der Waals surface area contributed by atoms with Gasteiger partial charge in [-0.15, -0.1) is 0 Å². The van der Waals surface area contributed by atoms with E-state index in [9.17, 15) is 14.4 Å². The summed E-state index contributed by atoms with van der Waals surface area (Å²) < 4.78 is 0. The SMILES string of the molecule is NCC(=O)O.O=C(O)CNC1CSC1=O. The summed E-state index contributed by atoms with van der Waals surface area (Å²) in [4.78, 5) is 29.8. The van der Waals surface area contributed by atoms with Crippen LogP contribution in [0.4, 0.5) is 0 Å². The van der Waals surface area contributed by atoms with Crippen LogP contribution in [0, 0.1) is 0 Å². The standard InChI is InChI=1S/C5H7NO3S.C2H5NO2/c7-4(8)1-6-3-2-10-5(3)9;3-1-2(4)5/h3,6H,1-2H2,(H,7,8);1,3H2,(H,4,5). The Labute approximate surface area is 90.0 Å². The smallest absolute Gasteiger partial charge is 0.317 e. The van der Waals surface area contributed by atoms with Gasteiger partial charge in [0.1, 0.15) is 0 Å². The van der Waals surface area contributed by atoms with Crippen molar-refractivity contribution in [2.45, 2.75) is 6.04 Å². The number of thioether (sulfide) groups is 1. The molecule has 1 aliphatic rings. The van der Waals surface area contributed by atoms with Gasteiger partial charge in [0.2, 0.25) is 5.12 Å².